The molecule has 1 atom stereocenters. The van der Waals surface area contributed by atoms with Crippen molar-refractivity contribution in [3.8, 4) is 0 Å². The van der Waals surface area contributed by atoms with Crippen LogP contribution in [0, 0.1) is 6.92 Å². The fourth-order valence-corrected chi connectivity index (χ4v) is 1.66. The maximum absolute atomic E-state index is 5.60. The first-order valence-corrected chi connectivity index (χ1v) is 4.93. The highest BCUT2D eigenvalue weighted by atomic mass is 32.1. The van der Waals surface area contributed by atoms with Crippen molar-refractivity contribution in [1.82, 2.24) is 10.3 Å². The van der Waals surface area contributed by atoms with E-state index in [1.54, 1.807) is 11.3 Å². The molecule has 0 radical (unpaired) electrons. The van der Waals surface area contributed by atoms with E-state index in [1.807, 2.05) is 19.4 Å². The van der Waals surface area contributed by atoms with E-state index in [0.29, 0.717) is 0 Å². The van der Waals surface area contributed by atoms with Crippen LogP contribution >= 0.6 is 11.3 Å². The van der Waals surface area contributed by atoms with Crippen molar-refractivity contribution in [2.24, 2.45) is 5.73 Å². The molecule has 0 aliphatic heterocycles. The summed E-state index contributed by atoms with van der Waals surface area (Å²) in [6.45, 7) is 5.77. The van der Waals surface area contributed by atoms with E-state index in [-0.39, 0.29) is 6.04 Å². The van der Waals surface area contributed by atoms with Gasteiger partial charge in [0.05, 0.1) is 11.2 Å². The van der Waals surface area contributed by atoms with E-state index in [9.17, 15) is 0 Å². The molecule has 1 unspecified atom stereocenters. The van der Waals surface area contributed by atoms with Gasteiger partial charge in [-0.1, -0.05) is 0 Å². The Morgan fingerprint density at radius 3 is 3.00 bits per heavy atom. The number of nitrogens with two attached hydrogens (primary N) is 1. The van der Waals surface area contributed by atoms with Crippen LogP contribution in [0.15, 0.2) is 5.51 Å². The zero-order valence-corrected chi connectivity index (χ0v) is 8.32. The second kappa shape index (κ2) is 4.54. The fraction of sp³-hybridized carbons (Fsp3) is 0.625. The topological polar surface area (TPSA) is 50.9 Å². The number of aromatic nitrogens is 1. The van der Waals surface area contributed by atoms with Crippen LogP contribution in [-0.2, 0) is 6.54 Å². The van der Waals surface area contributed by atoms with Gasteiger partial charge in [-0.3, -0.25) is 0 Å². The van der Waals surface area contributed by atoms with Crippen LogP contribution in [0.4, 0.5) is 0 Å². The first-order valence-electron chi connectivity index (χ1n) is 4.05. The van der Waals surface area contributed by atoms with Crippen molar-refractivity contribution in [3.05, 3.63) is 16.1 Å². The van der Waals surface area contributed by atoms with Crippen LogP contribution in [0.25, 0.3) is 0 Å². The lowest BCUT2D eigenvalue weighted by Gasteiger charge is -2.05. The second-order valence-electron chi connectivity index (χ2n) is 2.97. The second-order valence-corrected chi connectivity index (χ2v) is 3.91. The maximum Gasteiger partial charge on any atom is 0.0798 e. The first kappa shape index (κ1) is 9.64. The van der Waals surface area contributed by atoms with Crippen LogP contribution in [0.2, 0.25) is 0 Å². The molecule has 0 aliphatic rings. The van der Waals surface area contributed by atoms with Crippen LogP contribution < -0.4 is 11.1 Å². The number of aryl methyl sites for hydroxylation is 1. The minimum atomic E-state index is 0.221. The third-order valence-corrected chi connectivity index (χ3v) is 2.53. The normalized spacial score (nSPS) is 13.2. The molecule has 1 aromatic heterocycles. The van der Waals surface area contributed by atoms with Crippen molar-refractivity contribution in [2.45, 2.75) is 26.4 Å². The number of nitrogens with zero attached hydrogens (tertiary/aromatic N) is 1. The highest BCUT2D eigenvalue weighted by Crippen LogP contribution is 2.10. The molecule has 0 aliphatic carbocycles. The van der Waals surface area contributed by atoms with Gasteiger partial charge in [0.15, 0.2) is 0 Å². The van der Waals surface area contributed by atoms with Gasteiger partial charge in [-0.05, 0) is 13.8 Å². The molecule has 4 heteroatoms. The summed E-state index contributed by atoms with van der Waals surface area (Å²) in [4.78, 5) is 5.46. The lowest BCUT2D eigenvalue weighted by atomic mass is 10.3. The fourth-order valence-electron chi connectivity index (χ4n) is 0.909. The molecule has 0 amide bonds. The highest BCUT2D eigenvalue weighted by Gasteiger charge is 2.00. The molecule has 68 valence electrons. The zero-order chi connectivity index (χ0) is 8.97. The van der Waals surface area contributed by atoms with Gasteiger partial charge < -0.3 is 11.1 Å². The number of rotatable bonds is 4. The van der Waals surface area contributed by atoms with E-state index in [2.05, 4.69) is 10.3 Å². The van der Waals surface area contributed by atoms with Crippen molar-refractivity contribution >= 4 is 11.3 Å². The zero-order valence-electron chi connectivity index (χ0n) is 7.50. The Morgan fingerprint density at radius 1 is 1.75 bits per heavy atom. The molecule has 1 rings (SSSR count). The average molecular weight is 185 g/mol. The quantitative estimate of drug-likeness (QED) is 0.732. The Hall–Kier alpha value is -0.450. The maximum atomic E-state index is 5.60. The molecule has 1 heterocycles. The van der Waals surface area contributed by atoms with E-state index in [0.717, 1.165) is 18.8 Å². The van der Waals surface area contributed by atoms with Gasteiger partial charge >= 0.3 is 0 Å². The summed E-state index contributed by atoms with van der Waals surface area (Å²) in [6.07, 6.45) is 0. The molecule has 12 heavy (non-hydrogen) atoms. The molecule has 0 bridgehead atoms. The van der Waals surface area contributed by atoms with Crippen LogP contribution in [0.3, 0.4) is 0 Å². The number of hydrogen-bond acceptors (Lipinski definition) is 4. The van der Waals surface area contributed by atoms with Crippen LogP contribution in [0.5, 0.6) is 0 Å². The third-order valence-electron chi connectivity index (χ3n) is 1.60. The molecule has 0 aromatic carbocycles. The predicted molar refractivity (Wildman–Crippen MR) is 52.2 cm³/mol. The number of thiazole rings is 1. The third kappa shape index (κ3) is 2.89. The summed E-state index contributed by atoms with van der Waals surface area (Å²) in [5, 5.41) is 3.27. The Balaban J connectivity index is 2.29. The molecular formula is C8H15N3S. The summed E-state index contributed by atoms with van der Waals surface area (Å²) in [6, 6.07) is 0.221. The van der Waals surface area contributed by atoms with Gasteiger partial charge in [-0.25, -0.2) is 4.98 Å². The lowest BCUT2D eigenvalue weighted by Crippen LogP contribution is -2.30. The van der Waals surface area contributed by atoms with E-state index < -0.39 is 0 Å². The molecule has 3 nitrogen and oxygen atoms in total. The standard InChI is InChI=1S/C8H15N3S/c1-6(9)3-10-4-8-7(2)11-5-12-8/h5-6,10H,3-4,9H2,1-2H3. The van der Waals surface area contributed by atoms with Crippen molar-refractivity contribution in [3.63, 3.8) is 0 Å². The summed E-state index contributed by atoms with van der Waals surface area (Å²) in [7, 11) is 0. The van der Waals surface area contributed by atoms with Crippen molar-refractivity contribution in [2.75, 3.05) is 6.54 Å². The molecule has 3 N–H and O–H groups in total. The Kier molecular flexibility index (Phi) is 3.65. The average Bonchev–Trinajstić information content (AvgIpc) is 2.36. The largest absolute Gasteiger partial charge is 0.327 e. The number of nitrogens with one attached hydrogen (secondary N) is 1. The number of hydrogen-bond donors (Lipinski definition) is 2. The van der Waals surface area contributed by atoms with Crippen LogP contribution in [-0.4, -0.2) is 17.6 Å². The summed E-state index contributed by atoms with van der Waals surface area (Å²) >= 11 is 1.69. The minimum Gasteiger partial charge on any atom is -0.327 e. The SMILES string of the molecule is Cc1ncsc1CNCC(C)N. The molecule has 1 aromatic rings. The minimum absolute atomic E-state index is 0.221. The smallest absolute Gasteiger partial charge is 0.0798 e. The Morgan fingerprint density at radius 2 is 2.50 bits per heavy atom. The monoisotopic (exact) mass is 185 g/mol. The Labute approximate surface area is 77.0 Å². The van der Waals surface area contributed by atoms with Crippen molar-refractivity contribution < 1.29 is 0 Å². The molecular weight excluding hydrogens is 170 g/mol. The van der Waals surface area contributed by atoms with Gasteiger partial charge in [-0.15, -0.1) is 11.3 Å². The predicted octanol–water partition coefficient (Wildman–Crippen LogP) is 0.888. The van der Waals surface area contributed by atoms with Crippen molar-refractivity contribution in [1.29, 1.82) is 0 Å². The van der Waals surface area contributed by atoms with Crippen LogP contribution in [0.1, 0.15) is 17.5 Å². The van der Waals surface area contributed by atoms with E-state index in [1.165, 1.54) is 4.88 Å². The summed E-state index contributed by atoms with van der Waals surface area (Å²) < 4.78 is 0. The first-order chi connectivity index (χ1) is 5.70. The van der Waals surface area contributed by atoms with Gasteiger partial charge in [-0.2, -0.15) is 0 Å². The van der Waals surface area contributed by atoms with E-state index >= 15 is 0 Å². The lowest BCUT2D eigenvalue weighted by molar-refractivity contribution is 0.610. The highest BCUT2D eigenvalue weighted by molar-refractivity contribution is 7.09. The Bertz CT molecular complexity index is 232. The van der Waals surface area contributed by atoms with Gasteiger partial charge in [0.25, 0.3) is 0 Å². The molecule has 0 fully saturated rings. The molecule has 0 saturated carbocycles. The molecule has 0 spiro atoms. The summed E-state index contributed by atoms with van der Waals surface area (Å²) in [5.41, 5.74) is 8.59. The van der Waals surface area contributed by atoms with Gasteiger partial charge in [0.1, 0.15) is 0 Å². The van der Waals surface area contributed by atoms with E-state index in [4.69, 9.17) is 5.73 Å². The summed E-state index contributed by atoms with van der Waals surface area (Å²) in [5.74, 6) is 0. The molecule has 0 saturated heterocycles. The van der Waals surface area contributed by atoms with Gasteiger partial charge in [0, 0.05) is 24.0 Å². The van der Waals surface area contributed by atoms with Gasteiger partial charge in [0.2, 0.25) is 0 Å².